The summed E-state index contributed by atoms with van der Waals surface area (Å²) in [6, 6.07) is 0.110. The molecule has 1 aliphatic heterocycles. The first-order valence-corrected chi connectivity index (χ1v) is 9.71. The van der Waals surface area contributed by atoms with E-state index < -0.39 is 10.0 Å². The summed E-state index contributed by atoms with van der Waals surface area (Å²) in [5.41, 5.74) is 0. The summed E-state index contributed by atoms with van der Waals surface area (Å²) >= 11 is 0. The molecule has 1 atom stereocenters. The minimum absolute atomic E-state index is 0.0385. The van der Waals surface area contributed by atoms with Crippen molar-refractivity contribution in [3.05, 3.63) is 12.4 Å². The molecule has 2 fully saturated rings. The van der Waals surface area contributed by atoms with Crippen molar-refractivity contribution in [3.63, 3.8) is 0 Å². The van der Waals surface area contributed by atoms with Crippen LogP contribution in [0.25, 0.3) is 0 Å². The standard InChI is InChI=1S/C15H25N3O3S/c1-2-17-12-15(10-16-17)22(19,20)18(13-6-3-4-7-13)11-14-8-5-9-21-14/h10,12-14H,2-9,11H2,1H3/t14-/m1/s1. The third-order valence-electron chi connectivity index (χ3n) is 4.68. The molecule has 2 heterocycles. The molecule has 7 heteroatoms. The topological polar surface area (TPSA) is 64.4 Å². The zero-order chi connectivity index (χ0) is 15.6. The Morgan fingerprint density at radius 3 is 2.68 bits per heavy atom. The van der Waals surface area contributed by atoms with E-state index >= 15 is 0 Å². The molecule has 0 radical (unpaired) electrons. The van der Waals surface area contributed by atoms with Crippen molar-refractivity contribution < 1.29 is 13.2 Å². The molecule has 0 spiro atoms. The van der Waals surface area contributed by atoms with Crippen molar-refractivity contribution in [2.75, 3.05) is 13.2 Å². The summed E-state index contributed by atoms with van der Waals surface area (Å²) in [6.45, 7) is 3.84. The Balaban J connectivity index is 1.85. The quantitative estimate of drug-likeness (QED) is 0.802. The molecular formula is C15H25N3O3S. The molecule has 1 aromatic rings. The van der Waals surface area contributed by atoms with Crippen molar-refractivity contribution in [2.45, 2.75) is 69.0 Å². The van der Waals surface area contributed by atoms with E-state index in [9.17, 15) is 8.42 Å². The molecule has 0 amide bonds. The molecule has 1 aliphatic carbocycles. The SMILES string of the molecule is CCn1cc(S(=O)(=O)N(C[C@H]2CCCO2)C2CCCC2)cn1. The van der Waals surface area contributed by atoms with Crippen molar-refractivity contribution in [1.29, 1.82) is 0 Å². The third-order valence-corrected chi connectivity index (χ3v) is 6.55. The highest BCUT2D eigenvalue weighted by atomic mass is 32.2. The van der Waals surface area contributed by atoms with Crippen molar-refractivity contribution in [1.82, 2.24) is 14.1 Å². The number of rotatable bonds is 6. The predicted molar refractivity (Wildman–Crippen MR) is 83.0 cm³/mol. The van der Waals surface area contributed by atoms with Crippen LogP contribution in [0.4, 0.5) is 0 Å². The van der Waals surface area contributed by atoms with Gasteiger partial charge in [-0.25, -0.2) is 8.42 Å². The lowest BCUT2D eigenvalue weighted by atomic mass is 10.2. The van der Waals surface area contributed by atoms with E-state index in [1.165, 1.54) is 6.20 Å². The monoisotopic (exact) mass is 327 g/mol. The summed E-state index contributed by atoms with van der Waals surface area (Å²) in [5.74, 6) is 0. The van der Waals surface area contributed by atoms with Crippen LogP contribution < -0.4 is 0 Å². The Morgan fingerprint density at radius 1 is 1.32 bits per heavy atom. The minimum atomic E-state index is -3.49. The molecule has 6 nitrogen and oxygen atoms in total. The molecule has 1 aromatic heterocycles. The molecule has 0 bridgehead atoms. The van der Waals surface area contributed by atoms with E-state index in [1.807, 2.05) is 6.92 Å². The Hall–Kier alpha value is -0.920. The molecule has 124 valence electrons. The van der Waals surface area contributed by atoms with E-state index in [2.05, 4.69) is 5.10 Å². The van der Waals surface area contributed by atoms with E-state index in [0.29, 0.717) is 18.0 Å². The molecule has 2 aliphatic rings. The average Bonchev–Trinajstić information content (AvgIpc) is 3.25. The van der Waals surface area contributed by atoms with Gasteiger partial charge >= 0.3 is 0 Å². The number of hydrogen-bond donors (Lipinski definition) is 0. The first kappa shape index (κ1) is 16.0. The highest BCUT2D eigenvalue weighted by Crippen LogP contribution is 2.30. The summed E-state index contributed by atoms with van der Waals surface area (Å²) in [4.78, 5) is 0.305. The smallest absolute Gasteiger partial charge is 0.246 e. The van der Waals surface area contributed by atoms with Gasteiger partial charge in [0.1, 0.15) is 4.90 Å². The number of aromatic nitrogens is 2. The largest absolute Gasteiger partial charge is 0.377 e. The second-order valence-corrected chi connectivity index (χ2v) is 8.07. The van der Waals surface area contributed by atoms with Crippen molar-refractivity contribution in [2.24, 2.45) is 0 Å². The average molecular weight is 327 g/mol. The lowest BCUT2D eigenvalue weighted by Gasteiger charge is -2.29. The number of aryl methyl sites for hydroxylation is 1. The van der Waals surface area contributed by atoms with Crippen molar-refractivity contribution in [3.8, 4) is 0 Å². The van der Waals surface area contributed by atoms with E-state index in [4.69, 9.17) is 4.74 Å². The van der Waals surface area contributed by atoms with Gasteiger partial charge in [0, 0.05) is 31.9 Å². The summed E-state index contributed by atoms with van der Waals surface area (Å²) in [7, 11) is -3.49. The molecule has 1 saturated heterocycles. The maximum Gasteiger partial charge on any atom is 0.246 e. The van der Waals surface area contributed by atoms with Crippen LogP contribution in [-0.4, -0.2) is 47.8 Å². The molecule has 3 rings (SSSR count). The maximum atomic E-state index is 13.1. The van der Waals surface area contributed by atoms with E-state index in [0.717, 1.165) is 45.1 Å². The Kier molecular flexibility index (Phi) is 4.84. The number of hydrogen-bond acceptors (Lipinski definition) is 4. The number of nitrogens with zero attached hydrogens (tertiary/aromatic N) is 3. The lowest BCUT2D eigenvalue weighted by Crippen LogP contribution is -2.43. The van der Waals surface area contributed by atoms with Gasteiger partial charge in [0.05, 0.1) is 12.3 Å². The number of ether oxygens (including phenoxy) is 1. The Bertz CT molecular complexity index is 587. The van der Waals surface area contributed by atoms with Crippen LogP contribution in [0, 0.1) is 0 Å². The van der Waals surface area contributed by atoms with Crippen LogP contribution in [0.2, 0.25) is 0 Å². The second-order valence-electron chi connectivity index (χ2n) is 6.18. The maximum absolute atomic E-state index is 13.1. The predicted octanol–water partition coefficient (Wildman–Crippen LogP) is 2.02. The van der Waals surface area contributed by atoms with E-state index in [1.54, 1.807) is 15.2 Å². The highest BCUT2D eigenvalue weighted by molar-refractivity contribution is 7.89. The first-order chi connectivity index (χ1) is 10.6. The van der Waals surface area contributed by atoms with Crippen LogP contribution >= 0.6 is 0 Å². The summed E-state index contributed by atoms with van der Waals surface area (Å²) in [5, 5.41) is 4.12. The van der Waals surface area contributed by atoms with Gasteiger partial charge in [0.15, 0.2) is 0 Å². The molecular weight excluding hydrogens is 302 g/mol. The van der Waals surface area contributed by atoms with Gasteiger partial charge in [0.2, 0.25) is 10.0 Å². The molecule has 0 N–H and O–H groups in total. The fourth-order valence-electron chi connectivity index (χ4n) is 3.41. The normalized spacial score (nSPS) is 23.6. The van der Waals surface area contributed by atoms with E-state index in [-0.39, 0.29) is 12.1 Å². The minimum Gasteiger partial charge on any atom is -0.377 e. The highest BCUT2D eigenvalue weighted by Gasteiger charge is 2.36. The summed E-state index contributed by atoms with van der Waals surface area (Å²) < 4.78 is 35.1. The zero-order valence-electron chi connectivity index (χ0n) is 13.1. The molecule has 22 heavy (non-hydrogen) atoms. The zero-order valence-corrected chi connectivity index (χ0v) is 14.0. The second kappa shape index (κ2) is 6.68. The van der Waals surface area contributed by atoms with Gasteiger partial charge in [-0.3, -0.25) is 4.68 Å². The first-order valence-electron chi connectivity index (χ1n) is 8.27. The fraction of sp³-hybridized carbons (Fsp3) is 0.800. The lowest BCUT2D eigenvalue weighted by molar-refractivity contribution is 0.0861. The van der Waals surface area contributed by atoms with Crippen LogP contribution in [-0.2, 0) is 21.3 Å². The van der Waals surface area contributed by atoms with Gasteiger partial charge in [-0.1, -0.05) is 12.8 Å². The van der Waals surface area contributed by atoms with Gasteiger partial charge in [-0.2, -0.15) is 9.40 Å². The van der Waals surface area contributed by atoms with Gasteiger partial charge in [-0.15, -0.1) is 0 Å². The number of sulfonamides is 1. The van der Waals surface area contributed by atoms with Gasteiger partial charge in [-0.05, 0) is 32.6 Å². The molecule has 1 saturated carbocycles. The van der Waals surface area contributed by atoms with Crippen LogP contribution in [0.1, 0.15) is 45.4 Å². The third kappa shape index (κ3) is 3.21. The molecule has 0 aromatic carbocycles. The van der Waals surface area contributed by atoms with Gasteiger partial charge < -0.3 is 4.74 Å². The molecule has 0 unspecified atom stereocenters. The Morgan fingerprint density at radius 2 is 2.09 bits per heavy atom. The summed E-state index contributed by atoms with van der Waals surface area (Å²) in [6.07, 6.45) is 9.23. The van der Waals surface area contributed by atoms with Crippen LogP contribution in [0.3, 0.4) is 0 Å². The fourth-order valence-corrected chi connectivity index (χ4v) is 5.08. The van der Waals surface area contributed by atoms with Gasteiger partial charge in [0.25, 0.3) is 0 Å². The van der Waals surface area contributed by atoms with Crippen LogP contribution in [0.15, 0.2) is 17.3 Å². The van der Waals surface area contributed by atoms with Crippen LogP contribution in [0.5, 0.6) is 0 Å². The van der Waals surface area contributed by atoms with Crippen molar-refractivity contribution >= 4 is 10.0 Å². The Labute approximate surface area is 132 Å².